The summed E-state index contributed by atoms with van der Waals surface area (Å²) in [6, 6.07) is 13.1. The van der Waals surface area contributed by atoms with Crippen LogP contribution in [0.4, 0.5) is 10.5 Å². The molecule has 9 heteroatoms. The molecule has 3 unspecified atom stereocenters. The van der Waals surface area contributed by atoms with Crippen molar-refractivity contribution in [2.45, 2.75) is 62.1 Å². The van der Waals surface area contributed by atoms with Crippen molar-refractivity contribution >= 4 is 17.4 Å². The van der Waals surface area contributed by atoms with Crippen molar-refractivity contribution < 1.29 is 14.3 Å². The van der Waals surface area contributed by atoms with Gasteiger partial charge in [0, 0.05) is 44.2 Å². The van der Waals surface area contributed by atoms with E-state index >= 15 is 0 Å². The molecular weight excluding hydrogens is 492 g/mol. The minimum absolute atomic E-state index is 0.0132. The lowest BCUT2D eigenvalue weighted by molar-refractivity contribution is -0.0760. The number of rotatable bonds is 4. The van der Waals surface area contributed by atoms with E-state index < -0.39 is 5.60 Å². The summed E-state index contributed by atoms with van der Waals surface area (Å²) in [7, 11) is 0. The van der Waals surface area contributed by atoms with Gasteiger partial charge in [0.1, 0.15) is 0 Å². The summed E-state index contributed by atoms with van der Waals surface area (Å²) in [6.07, 6.45) is 5.81. The van der Waals surface area contributed by atoms with Crippen molar-refractivity contribution in [1.82, 2.24) is 24.8 Å². The Morgan fingerprint density at radius 2 is 1.92 bits per heavy atom. The Morgan fingerprint density at radius 3 is 2.72 bits per heavy atom. The number of nitrogens with zero attached hydrogens (tertiary/aromatic N) is 5. The molecule has 204 valence electrons. The van der Waals surface area contributed by atoms with E-state index in [-0.39, 0.29) is 23.0 Å². The number of aryl methyl sites for hydroxylation is 1. The highest BCUT2D eigenvalue weighted by Crippen LogP contribution is 2.57. The van der Waals surface area contributed by atoms with Crippen LogP contribution in [0.5, 0.6) is 0 Å². The molecule has 0 radical (unpaired) electrons. The zero-order chi connectivity index (χ0) is 26.4. The zero-order valence-corrected chi connectivity index (χ0v) is 22.7. The van der Waals surface area contributed by atoms with Crippen molar-refractivity contribution in [3.63, 3.8) is 0 Å². The largest absolute Gasteiger partial charge is 0.381 e. The second-order valence-electron chi connectivity index (χ2n) is 12.7. The number of urea groups is 1. The second-order valence-corrected chi connectivity index (χ2v) is 12.7. The van der Waals surface area contributed by atoms with Gasteiger partial charge in [-0.1, -0.05) is 37.3 Å². The molecule has 3 aromatic rings. The van der Waals surface area contributed by atoms with Gasteiger partial charge in [-0.15, -0.1) is 5.10 Å². The monoisotopic (exact) mass is 528 g/mol. The number of hydrogen-bond donors (Lipinski definition) is 1. The van der Waals surface area contributed by atoms with Crippen LogP contribution in [0.3, 0.4) is 0 Å². The van der Waals surface area contributed by atoms with Crippen molar-refractivity contribution in [2.24, 2.45) is 5.92 Å². The van der Waals surface area contributed by atoms with Gasteiger partial charge in [0.05, 0.1) is 30.1 Å². The fraction of sp³-hybridized carbons (Fsp3) is 0.567. The fourth-order valence-electron chi connectivity index (χ4n) is 7.93. The molecule has 2 bridgehead atoms. The number of nitrogens with one attached hydrogen (secondary N) is 1. The first-order valence-corrected chi connectivity index (χ1v) is 14.4. The summed E-state index contributed by atoms with van der Waals surface area (Å²) in [6.45, 7) is 9.19. The topological polar surface area (TPSA) is 84.2 Å². The van der Waals surface area contributed by atoms with Crippen molar-refractivity contribution in [3.05, 3.63) is 59.5 Å². The van der Waals surface area contributed by atoms with Gasteiger partial charge in [0.25, 0.3) is 0 Å². The molecule has 5 aliphatic heterocycles. The van der Waals surface area contributed by atoms with E-state index in [9.17, 15) is 4.79 Å². The number of benzene rings is 1. The van der Waals surface area contributed by atoms with Crippen LogP contribution >= 0.6 is 0 Å². The lowest BCUT2D eigenvalue weighted by atomic mass is 9.67. The summed E-state index contributed by atoms with van der Waals surface area (Å²) in [5.41, 5.74) is 3.83. The number of ether oxygens (including phenoxy) is 2. The molecule has 1 aromatic carbocycles. The molecule has 1 spiro atoms. The van der Waals surface area contributed by atoms with Gasteiger partial charge in [0.2, 0.25) is 0 Å². The lowest BCUT2D eigenvalue weighted by Crippen LogP contribution is -2.60. The van der Waals surface area contributed by atoms with Crippen LogP contribution in [-0.2, 0) is 20.5 Å². The van der Waals surface area contributed by atoms with Crippen LogP contribution in [0.25, 0.3) is 5.65 Å². The Bertz CT molecular complexity index is 1450. The summed E-state index contributed by atoms with van der Waals surface area (Å²) in [5, 5.41) is 8.32. The molecule has 1 aliphatic carbocycles. The average Bonchev–Trinajstić information content (AvgIpc) is 3.74. The van der Waals surface area contributed by atoms with Gasteiger partial charge >= 0.3 is 6.03 Å². The summed E-state index contributed by atoms with van der Waals surface area (Å²) in [4.78, 5) is 22.7. The molecular formula is C30H36N6O3. The first-order valence-electron chi connectivity index (χ1n) is 14.4. The van der Waals surface area contributed by atoms with Crippen LogP contribution in [-0.4, -0.2) is 76.6 Å². The molecule has 9 nitrogen and oxygen atoms in total. The van der Waals surface area contributed by atoms with Crippen molar-refractivity contribution in [2.75, 3.05) is 44.4 Å². The molecule has 2 aromatic heterocycles. The molecule has 4 atom stereocenters. The van der Waals surface area contributed by atoms with E-state index in [0.717, 1.165) is 50.0 Å². The van der Waals surface area contributed by atoms with Crippen LogP contribution < -0.4 is 10.2 Å². The first-order chi connectivity index (χ1) is 18.9. The average molecular weight is 529 g/mol. The molecule has 7 heterocycles. The molecule has 1 N–H and O–H groups in total. The van der Waals surface area contributed by atoms with Gasteiger partial charge < -0.3 is 24.6 Å². The zero-order valence-electron chi connectivity index (χ0n) is 22.7. The van der Waals surface area contributed by atoms with E-state index in [1.807, 2.05) is 9.42 Å². The highest BCUT2D eigenvalue weighted by atomic mass is 16.5. The maximum absolute atomic E-state index is 13.2. The van der Waals surface area contributed by atoms with Crippen LogP contribution in [0.2, 0.25) is 0 Å². The number of aromatic nitrogens is 3. The van der Waals surface area contributed by atoms with Gasteiger partial charge in [-0.25, -0.2) is 14.3 Å². The standard InChI is InChI=1S/C30H36N6O3/c1-20-14-23(34-11-8-28(2,18-34)22-6-4-3-5-7-22)16-36-25(20)31-26(33-36)30-15-21(17-39-30)24(30)35-19-29(32-27(35)37)9-12-38-13-10-29/h3-7,14,16,21,24H,8-13,15,17-19H2,1-2H3,(H,32,37)/t21?,24?,28-,30?/m0/s1. The van der Waals surface area contributed by atoms with Crippen molar-refractivity contribution in [3.8, 4) is 0 Å². The predicted octanol–water partition coefficient (Wildman–Crippen LogP) is 3.39. The van der Waals surface area contributed by atoms with E-state index in [2.05, 4.69) is 66.7 Å². The number of hydrogen-bond acceptors (Lipinski definition) is 6. The lowest BCUT2D eigenvalue weighted by Gasteiger charge is -2.47. The summed E-state index contributed by atoms with van der Waals surface area (Å²) >= 11 is 0. The third-order valence-corrected chi connectivity index (χ3v) is 10.2. The predicted molar refractivity (Wildman–Crippen MR) is 146 cm³/mol. The third-order valence-electron chi connectivity index (χ3n) is 10.2. The van der Waals surface area contributed by atoms with Crippen LogP contribution in [0.1, 0.15) is 49.6 Å². The Hall–Kier alpha value is -3.17. The number of carbonyl (C=O) groups excluding carboxylic acids is 1. The Balaban J connectivity index is 1.09. The van der Waals surface area contributed by atoms with Gasteiger partial charge in [0.15, 0.2) is 17.1 Å². The fourth-order valence-corrected chi connectivity index (χ4v) is 7.93. The van der Waals surface area contributed by atoms with E-state index in [0.29, 0.717) is 38.1 Å². The molecule has 6 aliphatic rings. The number of amides is 2. The van der Waals surface area contributed by atoms with Gasteiger partial charge in [-0.05, 0) is 49.8 Å². The molecule has 5 saturated heterocycles. The summed E-state index contributed by atoms with van der Waals surface area (Å²) < 4.78 is 13.9. The minimum atomic E-state index is -0.628. The number of anilines is 1. The Morgan fingerprint density at radius 1 is 1.10 bits per heavy atom. The SMILES string of the molecule is Cc1cc(N2CC[C@](C)(c3ccccc3)C2)cn2nc(C34CC(CO3)C4N3CC4(CCOCC4)NC3=O)nc12. The van der Waals surface area contributed by atoms with E-state index in [4.69, 9.17) is 19.6 Å². The first kappa shape index (κ1) is 23.7. The van der Waals surface area contributed by atoms with Gasteiger partial charge in [-0.3, -0.25) is 0 Å². The molecule has 39 heavy (non-hydrogen) atoms. The van der Waals surface area contributed by atoms with E-state index in [1.54, 1.807) is 0 Å². The third kappa shape index (κ3) is 3.42. The quantitative estimate of drug-likeness (QED) is 0.559. The smallest absolute Gasteiger partial charge is 0.318 e. The normalized spacial score (nSPS) is 33.2. The number of pyridine rings is 1. The van der Waals surface area contributed by atoms with Crippen LogP contribution in [0, 0.1) is 12.8 Å². The highest BCUT2D eigenvalue weighted by Gasteiger charge is 2.68. The number of fused-ring (bicyclic) bond motifs is 2. The molecule has 6 fully saturated rings. The highest BCUT2D eigenvalue weighted by molar-refractivity contribution is 5.79. The number of carbonyl (C=O) groups is 1. The Kier molecular flexibility index (Phi) is 4.97. The maximum atomic E-state index is 13.2. The second kappa shape index (κ2) is 8.17. The van der Waals surface area contributed by atoms with Crippen LogP contribution in [0.15, 0.2) is 42.6 Å². The minimum Gasteiger partial charge on any atom is -0.381 e. The maximum Gasteiger partial charge on any atom is 0.318 e. The molecule has 1 saturated carbocycles. The molecule has 2 amide bonds. The molecule has 9 rings (SSSR count). The van der Waals surface area contributed by atoms with Gasteiger partial charge in [-0.2, -0.15) is 0 Å². The van der Waals surface area contributed by atoms with Crippen molar-refractivity contribution in [1.29, 1.82) is 0 Å². The summed E-state index contributed by atoms with van der Waals surface area (Å²) in [5.74, 6) is 1.03. The van der Waals surface area contributed by atoms with E-state index in [1.165, 1.54) is 11.3 Å². The Labute approximate surface area is 228 Å².